The van der Waals surface area contributed by atoms with Crippen molar-refractivity contribution in [2.24, 2.45) is 5.92 Å². The van der Waals surface area contributed by atoms with Crippen molar-refractivity contribution in [3.63, 3.8) is 0 Å². The molecule has 2 aromatic rings. The van der Waals surface area contributed by atoms with Crippen molar-refractivity contribution in [1.82, 2.24) is 10.6 Å². The average molecular weight is 434 g/mol. The Morgan fingerprint density at radius 1 is 1.15 bits per heavy atom. The topological polar surface area (TPSA) is 100 Å². The van der Waals surface area contributed by atoms with Crippen molar-refractivity contribution < 1.29 is 18.8 Å². The Kier molecular flexibility index (Phi) is 5.95. The minimum Gasteiger partial charge on any atom is -0.444 e. The van der Waals surface area contributed by atoms with Gasteiger partial charge in [-0.1, -0.05) is 12.1 Å². The van der Waals surface area contributed by atoms with E-state index < -0.39 is 5.91 Å². The van der Waals surface area contributed by atoms with Gasteiger partial charge in [0.15, 0.2) is 10.4 Å². The van der Waals surface area contributed by atoms with Gasteiger partial charge in [-0.3, -0.25) is 14.4 Å². The molecule has 1 fully saturated rings. The molecule has 1 aliphatic carbocycles. The van der Waals surface area contributed by atoms with Crippen LogP contribution in [0, 0.1) is 5.92 Å². The van der Waals surface area contributed by atoms with Crippen LogP contribution in [0.1, 0.15) is 41.9 Å². The van der Waals surface area contributed by atoms with Crippen molar-refractivity contribution in [2.45, 2.75) is 25.8 Å². The fourth-order valence-electron chi connectivity index (χ4n) is 2.50. The lowest BCUT2D eigenvalue weighted by atomic mass is 10.1. The molecule has 142 valence electrons. The van der Waals surface area contributed by atoms with Gasteiger partial charge in [-0.15, -0.1) is 0 Å². The van der Waals surface area contributed by atoms with E-state index in [9.17, 15) is 14.4 Å². The normalized spacial score (nSPS) is 14.3. The van der Waals surface area contributed by atoms with Crippen LogP contribution in [0.4, 0.5) is 5.69 Å². The Bertz CT molecular complexity index is 843. The SMILES string of the molecule is C[C@H](NC(=O)CNC(=O)c1ccc(Br)o1)c1ccc(NC(=O)C2CC2)cc1. The van der Waals surface area contributed by atoms with E-state index in [0.29, 0.717) is 4.67 Å². The summed E-state index contributed by atoms with van der Waals surface area (Å²) in [7, 11) is 0. The van der Waals surface area contributed by atoms with Crippen molar-refractivity contribution in [3.05, 3.63) is 52.4 Å². The van der Waals surface area contributed by atoms with E-state index in [0.717, 1.165) is 24.1 Å². The van der Waals surface area contributed by atoms with E-state index in [1.807, 2.05) is 31.2 Å². The van der Waals surface area contributed by atoms with Crippen LogP contribution in [0.5, 0.6) is 0 Å². The predicted molar refractivity (Wildman–Crippen MR) is 103 cm³/mol. The second-order valence-electron chi connectivity index (χ2n) is 6.46. The standard InChI is InChI=1S/C19H20BrN3O4/c1-11(12-4-6-14(7-5-12)23-18(25)13-2-3-13)22-17(24)10-21-19(26)15-8-9-16(20)27-15/h4-9,11,13H,2-3,10H2,1H3,(H,21,26)(H,22,24)(H,23,25)/t11-/m0/s1. The second kappa shape index (κ2) is 8.39. The van der Waals surface area contributed by atoms with Gasteiger partial charge in [0.05, 0.1) is 12.6 Å². The number of carbonyl (C=O) groups is 3. The molecule has 3 N–H and O–H groups in total. The molecule has 7 nitrogen and oxygen atoms in total. The van der Waals surface area contributed by atoms with Gasteiger partial charge in [0, 0.05) is 11.6 Å². The number of carbonyl (C=O) groups excluding carboxylic acids is 3. The highest BCUT2D eigenvalue weighted by molar-refractivity contribution is 9.10. The number of furan rings is 1. The molecule has 0 spiro atoms. The first kappa shape index (κ1) is 19.2. The van der Waals surface area contributed by atoms with Gasteiger partial charge >= 0.3 is 0 Å². The van der Waals surface area contributed by atoms with Gasteiger partial charge in [-0.2, -0.15) is 0 Å². The van der Waals surface area contributed by atoms with Crippen LogP contribution in [-0.2, 0) is 9.59 Å². The molecule has 1 aromatic heterocycles. The number of hydrogen-bond acceptors (Lipinski definition) is 4. The first-order chi connectivity index (χ1) is 12.9. The van der Waals surface area contributed by atoms with Crippen molar-refractivity contribution >= 4 is 39.3 Å². The lowest BCUT2D eigenvalue weighted by molar-refractivity contribution is -0.120. The third-order valence-corrected chi connectivity index (χ3v) is 4.64. The molecule has 0 aliphatic heterocycles. The number of anilines is 1. The summed E-state index contributed by atoms with van der Waals surface area (Å²) in [4.78, 5) is 35.7. The number of hydrogen-bond donors (Lipinski definition) is 3. The predicted octanol–water partition coefficient (Wildman–Crippen LogP) is 3.00. The largest absolute Gasteiger partial charge is 0.444 e. The molecule has 0 unspecified atom stereocenters. The second-order valence-corrected chi connectivity index (χ2v) is 7.24. The van der Waals surface area contributed by atoms with Crippen molar-refractivity contribution in [3.8, 4) is 0 Å². The summed E-state index contributed by atoms with van der Waals surface area (Å²) >= 11 is 3.12. The van der Waals surface area contributed by atoms with Crippen LogP contribution < -0.4 is 16.0 Å². The zero-order chi connectivity index (χ0) is 19.4. The van der Waals surface area contributed by atoms with Crippen LogP contribution in [0.3, 0.4) is 0 Å². The summed E-state index contributed by atoms with van der Waals surface area (Å²) < 4.78 is 5.57. The molecule has 1 aromatic carbocycles. The highest BCUT2D eigenvalue weighted by atomic mass is 79.9. The van der Waals surface area contributed by atoms with Crippen LogP contribution in [-0.4, -0.2) is 24.3 Å². The Labute approximate surface area is 165 Å². The maximum atomic E-state index is 12.0. The highest BCUT2D eigenvalue weighted by Gasteiger charge is 2.29. The van der Waals surface area contributed by atoms with Crippen molar-refractivity contribution in [1.29, 1.82) is 0 Å². The summed E-state index contributed by atoms with van der Waals surface area (Å²) in [5, 5.41) is 8.19. The molecule has 0 saturated heterocycles. The van der Waals surface area contributed by atoms with Gasteiger partial charge < -0.3 is 20.4 Å². The monoisotopic (exact) mass is 433 g/mol. The maximum Gasteiger partial charge on any atom is 0.287 e. The third kappa shape index (κ3) is 5.43. The summed E-state index contributed by atoms with van der Waals surface area (Å²) in [6, 6.07) is 10.2. The molecule has 0 bridgehead atoms. The molecule has 3 rings (SSSR count). The number of halogens is 1. The zero-order valence-electron chi connectivity index (χ0n) is 14.8. The van der Waals surface area contributed by atoms with Gasteiger partial charge in [0.1, 0.15) is 0 Å². The van der Waals surface area contributed by atoms with E-state index in [1.165, 1.54) is 6.07 Å². The van der Waals surface area contributed by atoms with Gasteiger partial charge in [0.25, 0.3) is 5.91 Å². The average Bonchev–Trinajstić information content (AvgIpc) is 3.41. The van der Waals surface area contributed by atoms with E-state index in [4.69, 9.17) is 4.42 Å². The first-order valence-electron chi connectivity index (χ1n) is 8.66. The number of benzene rings is 1. The Hall–Kier alpha value is -2.61. The van der Waals surface area contributed by atoms with Crippen LogP contribution in [0.15, 0.2) is 45.5 Å². The summed E-state index contributed by atoms with van der Waals surface area (Å²) in [5.41, 5.74) is 1.64. The lowest BCUT2D eigenvalue weighted by Gasteiger charge is -2.15. The molecule has 1 atom stereocenters. The molecular formula is C19H20BrN3O4. The van der Waals surface area contributed by atoms with E-state index in [-0.39, 0.29) is 36.1 Å². The molecule has 1 aliphatic rings. The summed E-state index contributed by atoms with van der Waals surface area (Å²) in [5.74, 6) is -0.429. The zero-order valence-corrected chi connectivity index (χ0v) is 16.3. The minimum atomic E-state index is -0.459. The fourth-order valence-corrected chi connectivity index (χ4v) is 2.81. The number of amides is 3. The van der Waals surface area contributed by atoms with Gasteiger partial charge in [-0.05, 0) is 65.5 Å². The molecule has 27 heavy (non-hydrogen) atoms. The molecule has 1 heterocycles. The van der Waals surface area contributed by atoms with E-state index in [1.54, 1.807) is 6.07 Å². The van der Waals surface area contributed by atoms with Crippen LogP contribution in [0.25, 0.3) is 0 Å². The third-order valence-electron chi connectivity index (χ3n) is 4.21. The molecule has 3 amide bonds. The Morgan fingerprint density at radius 3 is 2.44 bits per heavy atom. The summed E-state index contributed by atoms with van der Waals surface area (Å²) in [6.07, 6.45) is 1.92. The Morgan fingerprint density at radius 2 is 1.85 bits per heavy atom. The minimum absolute atomic E-state index is 0.0587. The summed E-state index contributed by atoms with van der Waals surface area (Å²) in [6.45, 7) is 1.69. The highest BCUT2D eigenvalue weighted by Crippen LogP contribution is 2.30. The van der Waals surface area contributed by atoms with E-state index >= 15 is 0 Å². The molecule has 1 saturated carbocycles. The lowest BCUT2D eigenvalue weighted by Crippen LogP contribution is -2.37. The quantitative estimate of drug-likeness (QED) is 0.624. The number of rotatable bonds is 7. The Balaban J connectivity index is 1.45. The molecular weight excluding hydrogens is 414 g/mol. The number of nitrogens with one attached hydrogen (secondary N) is 3. The van der Waals surface area contributed by atoms with Crippen LogP contribution in [0.2, 0.25) is 0 Å². The molecule has 8 heteroatoms. The fraction of sp³-hybridized carbons (Fsp3) is 0.316. The van der Waals surface area contributed by atoms with Gasteiger partial charge in [0.2, 0.25) is 11.8 Å². The van der Waals surface area contributed by atoms with Crippen LogP contribution >= 0.6 is 15.9 Å². The molecule has 0 radical (unpaired) electrons. The maximum absolute atomic E-state index is 12.0. The van der Waals surface area contributed by atoms with Gasteiger partial charge in [-0.25, -0.2) is 0 Å². The smallest absolute Gasteiger partial charge is 0.287 e. The van der Waals surface area contributed by atoms with E-state index in [2.05, 4.69) is 31.9 Å². The first-order valence-corrected chi connectivity index (χ1v) is 9.45. The van der Waals surface area contributed by atoms with Crippen molar-refractivity contribution in [2.75, 3.05) is 11.9 Å².